The number of halogens is 1. The van der Waals surface area contributed by atoms with Gasteiger partial charge in [0.1, 0.15) is 18.7 Å². The number of carbonyl (C=O) groups excluding carboxylic acids is 3. The Hall–Kier alpha value is -2.62. The first kappa shape index (κ1) is 25.6. The van der Waals surface area contributed by atoms with E-state index in [1.807, 2.05) is 68.4 Å². The van der Waals surface area contributed by atoms with E-state index < -0.39 is 30.1 Å². The molecule has 2 aromatic rings. The lowest BCUT2D eigenvalue weighted by atomic mass is 10.0. The van der Waals surface area contributed by atoms with Gasteiger partial charge in [0.25, 0.3) is 0 Å². The molecule has 2 rings (SSSR count). The molecule has 0 aromatic heterocycles. The summed E-state index contributed by atoms with van der Waals surface area (Å²) in [4.78, 5) is 37.7. The number of hydrogen-bond acceptors (Lipinski definition) is 5. The second-order valence-electron chi connectivity index (χ2n) is 7.77. The third kappa shape index (κ3) is 8.49. The maximum atomic E-state index is 13.0. The van der Waals surface area contributed by atoms with E-state index in [4.69, 9.17) is 9.47 Å². The summed E-state index contributed by atoms with van der Waals surface area (Å²) in [5, 5.41) is 5.37. The fourth-order valence-electron chi connectivity index (χ4n) is 3.10. The fraction of sp³-hybridized carbons (Fsp3) is 0.375. The van der Waals surface area contributed by atoms with Gasteiger partial charge < -0.3 is 20.1 Å². The standard InChI is InChI=1S/C24H29IN2O5/c1-16(2)13-20(27-24(30)32-15-17-9-5-4-6-10-17)22(28)26-21(23(29)31-3)14-18-11-7-8-12-19(18)25/h4-12,16,20-21H,13-15H2,1-3H3,(H,26,28)(H,27,30)/t20-,21-/m0/s1. The molecule has 8 heteroatoms. The predicted molar refractivity (Wildman–Crippen MR) is 130 cm³/mol. The molecular formula is C24H29IN2O5. The van der Waals surface area contributed by atoms with Gasteiger partial charge in [-0.15, -0.1) is 0 Å². The number of rotatable bonds is 10. The zero-order chi connectivity index (χ0) is 23.5. The van der Waals surface area contributed by atoms with Gasteiger partial charge in [0.2, 0.25) is 5.91 Å². The Morgan fingerprint density at radius 3 is 2.22 bits per heavy atom. The van der Waals surface area contributed by atoms with Crippen molar-refractivity contribution in [2.75, 3.05) is 7.11 Å². The average molecular weight is 552 g/mol. The summed E-state index contributed by atoms with van der Waals surface area (Å²) in [6.45, 7) is 3.99. The van der Waals surface area contributed by atoms with Crippen molar-refractivity contribution in [2.45, 2.75) is 45.4 Å². The molecule has 0 fully saturated rings. The molecule has 2 atom stereocenters. The molecule has 172 valence electrons. The highest BCUT2D eigenvalue weighted by Gasteiger charge is 2.28. The molecular weight excluding hydrogens is 523 g/mol. The quantitative estimate of drug-likeness (QED) is 0.345. The molecule has 0 spiro atoms. The van der Waals surface area contributed by atoms with Gasteiger partial charge in [0.05, 0.1) is 7.11 Å². The van der Waals surface area contributed by atoms with Gasteiger partial charge in [-0.2, -0.15) is 0 Å². The van der Waals surface area contributed by atoms with Crippen molar-refractivity contribution in [2.24, 2.45) is 5.92 Å². The fourth-order valence-corrected chi connectivity index (χ4v) is 3.71. The minimum Gasteiger partial charge on any atom is -0.467 e. The Balaban J connectivity index is 2.05. The van der Waals surface area contributed by atoms with E-state index in [1.54, 1.807) is 0 Å². The molecule has 2 amide bonds. The lowest BCUT2D eigenvalue weighted by Gasteiger charge is -2.23. The number of hydrogen-bond donors (Lipinski definition) is 2. The van der Waals surface area contributed by atoms with Crippen LogP contribution in [-0.2, 0) is 32.1 Å². The first-order chi connectivity index (χ1) is 15.3. The van der Waals surface area contributed by atoms with Crippen LogP contribution in [0.1, 0.15) is 31.4 Å². The first-order valence-corrected chi connectivity index (χ1v) is 11.5. The third-order valence-electron chi connectivity index (χ3n) is 4.71. The first-order valence-electron chi connectivity index (χ1n) is 10.4. The van der Waals surface area contributed by atoms with Crippen LogP contribution in [0.15, 0.2) is 54.6 Å². The Morgan fingerprint density at radius 1 is 0.938 bits per heavy atom. The van der Waals surface area contributed by atoms with E-state index in [2.05, 4.69) is 33.2 Å². The number of nitrogens with one attached hydrogen (secondary N) is 2. The zero-order valence-electron chi connectivity index (χ0n) is 18.5. The van der Waals surface area contributed by atoms with Crippen molar-refractivity contribution in [3.8, 4) is 0 Å². The highest BCUT2D eigenvalue weighted by atomic mass is 127. The molecule has 0 aliphatic rings. The summed E-state index contributed by atoms with van der Waals surface area (Å²) in [5.41, 5.74) is 1.76. The normalized spacial score (nSPS) is 12.5. The summed E-state index contributed by atoms with van der Waals surface area (Å²) >= 11 is 2.18. The largest absolute Gasteiger partial charge is 0.467 e. The lowest BCUT2D eigenvalue weighted by Crippen LogP contribution is -2.53. The van der Waals surface area contributed by atoms with Crippen LogP contribution in [0.25, 0.3) is 0 Å². The van der Waals surface area contributed by atoms with E-state index in [9.17, 15) is 14.4 Å². The number of ether oxygens (including phenoxy) is 2. The highest BCUT2D eigenvalue weighted by Crippen LogP contribution is 2.15. The SMILES string of the molecule is COC(=O)[C@H](Cc1ccccc1I)NC(=O)[C@H](CC(C)C)NC(=O)OCc1ccccc1. The molecule has 0 radical (unpaired) electrons. The van der Waals surface area contributed by atoms with E-state index in [1.165, 1.54) is 7.11 Å². The Morgan fingerprint density at radius 2 is 1.59 bits per heavy atom. The molecule has 2 aromatic carbocycles. The average Bonchev–Trinajstić information content (AvgIpc) is 2.78. The van der Waals surface area contributed by atoms with E-state index in [-0.39, 0.29) is 18.9 Å². The van der Waals surface area contributed by atoms with E-state index in [0.29, 0.717) is 6.42 Å². The number of carbonyl (C=O) groups is 3. The molecule has 0 unspecified atom stereocenters. The number of benzene rings is 2. The number of methoxy groups -OCH3 is 1. The summed E-state index contributed by atoms with van der Waals surface area (Å²) in [6.07, 6.45) is -0.0187. The van der Waals surface area contributed by atoms with Crippen LogP contribution in [0.3, 0.4) is 0 Å². The van der Waals surface area contributed by atoms with Crippen LogP contribution in [0.2, 0.25) is 0 Å². The second-order valence-corrected chi connectivity index (χ2v) is 8.93. The van der Waals surface area contributed by atoms with Crippen molar-refractivity contribution >= 4 is 40.6 Å². The smallest absolute Gasteiger partial charge is 0.408 e. The summed E-state index contributed by atoms with van der Waals surface area (Å²) < 4.78 is 11.1. The van der Waals surface area contributed by atoms with Gasteiger partial charge in [0, 0.05) is 9.99 Å². The van der Waals surface area contributed by atoms with Crippen LogP contribution in [0.5, 0.6) is 0 Å². The monoisotopic (exact) mass is 552 g/mol. The van der Waals surface area contributed by atoms with Crippen LogP contribution in [-0.4, -0.2) is 37.2 Å². The highest BCUT2D eigenvalue weighted by molar-refractivity contribution is 14.1. The third-order valence-corrected chi connectivity index (χ3v) is 5.76. The number of alkyl carbamates (subject to hydrolysis) is 1. The van der Waals surface area contributed by atoms with Crippen molar-refractivity contribution in [1.29, 1.82) is 0 Å². The second kappa shape index (κ2) is 13.0. The minimum absolute atomic E-state index is 0.0971. The molecule has 0 saturated heterocycles. The topological polar surface area (TPSA) is 93.7 Å². The van der Waals surface area contributed by atoms with Crippen molar-refractivity contribution in [3.63, 3.8) is 0 Å². The number of amides is 2. The molecule has 32 heavy (non-hydrogen) atoms. The zero-order valence-corrected chi connectivity index (χ0v) is 20.6. The van der Waals surface area contributed by atoms with Gasteiger partial charge in [0.15, 0.2) is 0 Å². The van der Waals surface area contributed by atoms with Gasteiger partial charge in [-0.1, -0.05) is 62.4 Å². The molecule has 2 N–H and O–H groups in total. The van der Waals surface area contributed by atoms with Crippen LogP contribution >= 0.6 is 22.6 Å². The van der Waals surface area contributed by atoms with Crippen LogP contribution in [0.4, 0.5) is 4.79 Å². The summed E-state index contributed by atoms with van der Waals surface area (Å²) in [7, 11) is 1.28. The van der Waals surface area contributed by atoms with Gasteiger partial charge in [-0.05, 0) is 52.1 Å². The molecule has 0 bridgehead atoms. The maximum Gasteiger partial charge on any atom is 0.408 e. The van der Waals surface area contributed by atoms with Gasteiger partial charge in [-0.3, -0.25) is 4.79 Å². The Labute approximate surface area is 202 Å². The minimum atomic E-state index is -0.875. The van der Waals surface area contributed by atoms with Gasteiger partial charge in [-0.25, -0.2) is 9.59 Å². The lowest BCUT2D eigenvalue weighted by molar-refractivity contribution is -0.145. The molecule has 0 aliphatic heterocycles. The van der Waals surface area contributed by atoms with Crippen LogP contribution in [0, 0.1) is 9.49 Å². The van der Waals surface area contributed by atoms with E-state index in [0.717, 1.165) is 14.7 Å². The summed E-state index contributed by atoms with van der Waals surface area (Å²) in [5.74, 6) is -0.878. The molecule has 7 nitrogen and oxygen atoms in total. The van der Waals surface area contributed by atoms with Crippen molar-refractivity contribution < 1.29 is 23.9 Å². The van der Waals surface area contributed by atoms with Crippen LogP contribution < -0.4 is 10.6 Å². The molecule has 0 saturated carbocycles. The van der Waals surface area contributed by atoms with E-state index >= 15 is 0 Å². The Kier molecular flexibility index (Phi) is 10.5. The molecule has 0 aliphatic carbocycles. The Bertz CT molecular complexity index is 904. The van der Waals surface area contributed by atoms with Gasteiger partial charge >= 0.3 is 12.1 Å². The predicted octanol–water partition coefficient (Wildman–Crippen LogP) is 3.83. The van der Waals surface area contributed by atoms with Crippen molar-refractivity contribution in [1.82, 2.24) is 10.6 Å². The van der Waals surface area contributed by atoms with Crippen molar-refractivity contribution in [3.05, 3.63) is 69.3 Å². The summed E-state index contributed by atoms with van der Waals surface area (Å²) in [6, 6.07) is 15.2. The maximum absolute atomic E-state index is 13.0. The number of esters is 1. The molecule has 0 heterocycles.